The van der Waals surface area contributed by atoms with Gasteiger partial charge < -0.3 is 9.47 Å². The zero-order chi connectivity index (χ0) is 7.23. The van der Waals surface area contributed by atoms with Gasteiger partial charge in [0.15, 0.2) is 0 Å². The van der Waals surface area contributed by atoms with E-state index in [9.17, 15) is 0 Å². The zero-order valence-corrected chi connectivity index (χ0v) is 6.64. The minimum atomic E-state index is 0.383. The van der Waals surface area contributed by atoms with Gasteiger partial charge in [-0.3, -0.25) is 0 Å². The van der Waals surface area contributed by atoms with Crippen LogP contribution in [0.1, 0.15) is 26.2 Å². The maximum absolute atomic E-state index is 5.46. The Bertz CT molecular complexity index is 77.3. The predicted octanol–water partition coefficient (Wildman–Crippen LogP) is 1.59. The van der Waals surface area contributed by atoms with Crippen LogP contribution in [0.3, 0.4) is 0 Å². The van der Waals surface area contributed by atoms with Gasteiger partial charge >= 0.3 is 0 Å². The lowest BCUT2D eigenvalue weighted by molar-refractivity contribution is -0.0911. The molecule has 1 aliphatic heterocycles. The second kappa shape index (κ2) is 4.69. The summed E-state index contributed by atoms with van der Waals surface area (Å²) in [5.41, 5.74) is 0. The molecular weight excluding hydrogens is 128 g/mol. The number of hydrogen-bond acceptors (Lipinski definition) is 2. The molecule has 0 amide bonds. The van der Waals surface area contributed by atoms with Crippen LogP contribution >= 0.6 is 0 Å². The molecule has 1 atom stereocenters. The maximum Gasteiger partial charge on any atom is 0.0809 e. The van der Waals surface area contributed by atoms with E-state index in [1.807, 2.05) is 0 Å². The van der Waals surface area contributed by atoms with Crippen LogP contribution in [0.4, 0.5) is 0 Å². The molecule has 0 spiro atoms. The molecule has 60 valence electrons. The lowest BCUT2D eigenvalue weighted by Gasteiger charge is -2.22. The van der Waals surface area contributed by atoms with E-state index < -0.39 is 0 Å². The molecule has 0 aromatic heterocycles. The van der Waals surface area contributed by atoms with Crippen LogP contribution in [0.15, 0.2) is 0 Å². The fourth-order valence-corrected chi connectivity index (χ4v) is 1.14. The first-order chi connectivity index (χ1) is 4.93. The van der Waals surface area contributed by atoms with Crippen LogP contribution in [-0.4, -0.2) is 25.9 Å². The molecule has 2 nitrogen and oxygen atoms in total. The summed E-state index contributed by atoms with van der Waals surface area (Å²) >= 11 is 0. The molecule has 10 heavy (non-hydrogen) atoms. The zero-order valence-electron chi connectivity index (χ0n) is 6.64. The Morgan fingerprint density at radius 3 is 2.90 bits per heavy atom. The van der Waals surface area contributed by atoms with Crippen LogP contribution in [-0.2, 0) is 9.47 Å². The standard InChI is InChI=1S/C8H16O2/c1-2-3-4-8-7-9-5-6-10-8/h8H,2-7H2,1H3. The van der Waals surface area contributed by atoms with Gasteiger partial charge in [-0.2, -0.15) is 0 Å². The summed E-state index contributed by atoms with van der Waals surface area (Å²) < 4.78 is 10.7. The Labute approximate surface area is 62.5 Å². The summed E-state index contributed by atoms with van der Waals surface area (Å²) in [6.45, 7) is 4.57. The third-order valence-electron chi connectivity index (χ3n) is 1.76. The number of unbranched alkanes of at least 4 members (excludes halogenated alkanes) is 1. The van der Waals surface area contributed by atoms with Gasteiger partial charge in [-0.25, -0.2) is 0 Å². The van der Waals surface area contributed by atoms with Gasteiger partial charge in [0, 0.05) is 0 Å². The Kier molecular flexibility index (Phi) is 3.76. The monoisotopic (exact) mass is 144 g/mol. The fraction of sp³-hybridized carbons (Fsp3) is 1.00. The quantitative estimate of drug-likeness (QED) is 0.599. The second-order valence-corrected chi connectivity index (χ2v) is 2.71. The van der Waals surface area contributed by atoms with Crippen LogP contribution < -0.4 is 0 Å². The molecule has 1 unspecified atom stereocenters. The minimum absolute atomic E-state index is 0.383. The largest absolute Gasteiger partial charge is 0.376 e. The van der Waals surface area contributed by atoms with E-state index in [1.165, 1.54) is 12.8 Å². The first-order valence-electron chi connectivity index (χ1n) is 4.13. The lowest BCUT2D eigenvalue weighted by Crippen LogP contribution is -2.28. The summed E-state index contributed by atoms with van der Waals surface area (Å²) in [7, 11) is 0. The van der Waals surface area contributed by atoms with Crippen molar-refractivity contribution >= 4 is 0 Å². The molecular formula is C8H16O2. The molecule has 1 saturated heterocycles. The molecule has 1 fully saturated rings. The third-order valence-corrected chi connectivity index (χ3v) is 1.76. The van der Waals surface area contributed by atoms with Crippen molar-refractivity contribution < 1.29 is 9.47 Å². The second-order valence-electron chi connectivity index (χ2n) is 2.71. The van der Waals surface area contributed by atoms with E-state index in [-0.39, 0.29) is 0 Å². The Balaban J connectivity index is 2.02. The summed E-state index contributed by atoms with van der Waals surface area (Å²) in [6, 6.07) is 0. The van der Waals surface area contributed by atoms with Crippen molar-refractivity contribution in [1.82, 2.24) is 0 Å². The molecule has 0 bridgehead atoms. The average Bonchev–Trinajstić information content (AvgIpc) is 2.03. The van der Waals surface area contributed by atoms with Crippen molar-refractivity contribution in [3.8, 4) is 0 Å². The minimum Gasteiger partial charge on any atom is -0.376 e. The molecule has 2 heteroatoms. The fourth-order valence-electron chi connectivity index (χ4n) is 1.14. The average molecular weight is 144 g/mol. The van der Waals surface area contributed by atoms with Crippen LogP contribution in [0, 0.1) is 0 Å². The first kappa shape index (κ1) is 8.02. The molecule has 1 heterocycles. The van der Waals surface area contributed by atoms with Crippen molar-refractivity contribution in [3.05, 3.63) is 0 Å². The Hall–Kier alpha value is -0.0800. The predicted molar refractivity (Wildman–Crippen MR) is 40.1 cm³/mol. The van der Waals surface area contributed by atoms with Gasteiger partial charge in [-0.05, 0) is 6.42 Å². The molecule has 0 saturated carbocycles. The van der Waals surface area contributed by atoms with Gasteiger partial charge in [0.1, 0.15) is 0 Å². The molecule has 0 N–H and O–H groups in total. The highest BCUT2D eigenvalue weighted by Crippen LogP contribution is 2.08. The topological polar surface area (TPSA) is 18.5 Å². The highest BCUT2D eigenvalue weighted by molar-refractivity contribution is 4.59. The van der Waals surface area contributed by atoms with E-state index in [1.54, 1.807) is 0 Å². The maximum atomic E-state index is 5.46. The van der Waals surface area contributed by atoms with Crippen molar-refractivity contribution in [2.75, 3.05) is 19.8 Å². The highest BCUT2D eigenvalue weighted by atomic mass is 16.6. The summed E-state index contributed by atoms with van der Waals surface area (Å²) in [5, 5.41) is 0. The van der Waals surface area contributed by atoms with Crippen molar-refractivity contribution in [2.24, 2.45) is 0 Å². The van der Waals surface area contributed by atoms with E-state index >= 15 is 0 Å². The van der Waals surface area contributed by atoms with Gasteiger partial charge in [-0.1, -0.05) is 19.8 Å². The number of ether oxygens (including phenoxy) is 2. The third kappa shape index (κ3) is 2.67. The lowest BCUT2D eigenvalue weighted by atomic mass is 10.2. The van der Waals surface area contributed by atoms with Crippen molar-refractivity contribution in [1.29, 1.82) is 0 Å². The van der Waals surface area contributed by atoms with Crippen LogP contribution in [0.2, 0.25) is 0 Å². The van der Waals surface area contributed by atoms with Crippen molar-refractivity contribution in [2.45, 2.75) is 32.3 Å². The summed E-state index contributed by atoms with van der Waals surface area (Å²) in [5.74, 6) is 0. The Morgan fingerprint density at radius 1 is 1.40 bits per heavy atom. The molecule has 1 aliphatic rings. The van der Waals surface area contributed by atoms with E-state index in [0.717, 1.165) is 26.2 Å². The van der Waals surface area contributed by atoms with E-state index in [0.29, 0.717) is 6.10 Å². The molecule has 0 aromatic rings. The van der Waals surface area contributed by atoms with Gasteiger partial charge in [0.2, 0.25) is 0 Å². The number of rotatable bonds is 3. The summed E-state index contributed by atoms with van der Waals surface area (Å²) in [6.07, 6.45) is 4.05. The van der Waals surface area contributed by atoms with Gasteiger partial charge in [0.05, 0.1) is 25.9 Å². The number of hydrogen-bond donors (Lipinski definition) is 0. The Morgan fingerprint density at radius 2 is 2.30 bits per heavy atom. The van der Waals surface area contributed by atoms with Gasteiger partial charge in [0.25, 0.3) is 0 Å². The first-order valence-corrected chi connectivity index (χ1v) is 4.13. The summed E-state index contributed by atoms with van der Waals surface area (Å²) in [4.78, 5) is 0. The van der Waals surface area contributed by atoms with E-state index in [4.69, 9.17) is 9.47 Å². The van der Waals surface area contributed by atoms with Gasteiger partial charge in [-0.15, -0.1) is 0 Å². The van der Waals surface area contributed by atoms with Crippen molar-refractivity contribution in [3.63, 3.8) is 0 Å². The molecule has 1 rings (SSSR count). The SMILES string of the molecule is CCCCC1COCCO1. The molecule has 0 aliphatic carbocycles. The van der Waals surface area contributed by atoms with E-state index in [2.05, 4.69) is 6.92 Å². The van der Waals surface area contributed by atoms with Crippen LogP contribution in [0.5, 0.6) is 0 Å². The van der Waals surface area contributed by atoms with Crippen LogP contribution in [0.25, 0.3) is 0 Å². The molecule has 0 radical (unpaired) electrons. The highest BCUT2D eigenvalue weighted by Gasteiger charge is 2.12. The molecule has 0 aromatic carbocycles. The normalized spacial score (nSPS) is 26.7. The smallest absolute Gasteiger partial charge is 0.0809 e.